The van der Waals surface area contributed by atoms with Gasteiger partial charge in [0, 0.05) is 24.1 Å². The van der Waals surface area contributed by atoms with Gasteiger partial charge in [-0.3, -0.25) is 9.78 Å². The standard InChI is InChI=1S/C16H18N4O2/c21-15(10-18-9-12-4-5-12)20-13-2-1-3-14(8-13)22-16-11-17-6-7-19-16/h1-3,6-8,11-12,18H,4-5,9-10H2,(H,20,21). The van der Waals surface area contributed by atoms with Crippen LogP contribution < -0.4 is 15.4 Å². The van der Waals surface area contributed by atoms with Gasteiger partial charge in [-0.2, -0.15) is 0 Å². The van der Waals surface area contributed by atoms with Gasteiger partial charge in [0.1, 0.15) is 5.75 Å². The fourth-order valence-corrected chi connectivity index (χ4v) is 2.01. The third-order valence-corrected chi connectivity index (χ3v) is 3.30. The molecule has 3 rings (SSSR count). The first-order valence-electron chi connectivity index (χ1n) is 7.34. The van der Waals surface area contributed by atoms with E-state index >= 15 is 0 Å². The number of anilines is 1. The summed E-state index contributed by atoms with van der Waals surface area (Å²) in [6.07, 6.45) is 7.23. The molecule has 1 aromatic heterocycles. The van der Waals surface area contributed by atoms with Crippen molar-refractivity contribution in [2.75, 3.05) is 18.4 Å². The number of benzene rings is 1. The van der Waals surface area contributed by atoms with Crippen LogP contribution in [0, 0.1) is 5.92 Å². The molecule has 1 aromatic carbocycles. The van der Waals surface area contributed by atoms with Crippen molar-refractivity contribution in [2.45, 2.75) is 12.8 Å². The Bertz CT molecular complexity index is 629. The number of ether oxygens (including phenoxy) is 1. The highest BCUT2D eigenvalue weighted by molar-refractivity contribution is 5.92. The Morgan fingerprint density at radius 2 is 2.23 bits per heavy atom. The number of carbonyl (C=O) groups excluding carboxylic acids is 1. The van der Waals surface area contributed by atoms with E-state index in [1.165, 1.54) is 19.0 Å². The van der Waals surface area contributed by atoms with Gasteiger partial charge >= 0.3 is 0 Å². The number of hydrogen-bond acceptors (Lipinski definition) is 5. The van der Waals surface area contributed by atoms with Gasteiger partial charge in [-0.15, -0.1) is 0 Å². The number of nitrogens with zero attached hydrogens (tertiary/aromatic N) is 2. The fourth-order valence-electron chi connectivity index (χ4n) is 2.01. The third kappa shape index (κ3) is 4.53. The molecule has 0 aliphatic heterocycles. The average Bonchev–Trinajstić information content (AvgIpc) is 3.33. The number of hydrogen-bond donors (Lipinski definition) is 2. The van der Waals surface area contributed by atoms with Crippen LogP contribution in [-0.4, -0.2) is 29.0 Å². The number of aromatic nitrogens is 2. The molecule has 1 amide bonds. The van der Waals surface area contributed by atoms with Crippen molar-refractivity contribution in [2.24, 2.45) is 5.92 Å². The molecule has 1 saturated carbocycles. The second-order valence-electron chi connectivity index (χ2n) is 5.30. The zero-order valence-electron chi connectivity index (χ0n) is 12.2. The zero-order valence-corrected chi connectivity index (χ0v) is 12.2. The van der Waals surface area contributed by atoms with Gasteiger partial charge in [0.25, 0.3) is 0 Å². The molecule has 0 radical (unpaired) electrons. The van der Waals surface area contributed by atoms with Gasteiger partial charge in [-0.1, -0.05) is 6.07 Å². The summed E-state index contributed by atoms with van der Waals surface area (Å²) in [6.45, 7) is 1.25. The molecule has 1 heterocycles. The summed E-state index contributed by atoms with van der Waals surface area (Å²) in [7, 11) is 0. The number of nitrogens with one attached hydrogen (secondary N) is 2. The summed E-state index contributed by atoms with van der Waals surface area (Å²) < 4.78 is 5.58. The van der Waals surface area contributed by atoms with E-state index in [4.69, 9.17) is 4.74 Å². The van der Waals surface area contributed by atoms with Crippen LogP contribution in [-0.2, 0) is 4.79 Å². The predicted octanol–water partition coefficient (Wildman–Crippen LogP) is 2.21. The van der Waals surface area contributed by atoms with E-state index in [2.05, 4.69) is 20.6 Å². The maximum atomic E-state index is 11.8. The SMILES string of the molecule is O=C(CNCC1CC1)Nc1cccc(Oc2cnccn2)c1. The number of amides is 1. The smallest absolute Gasteiger partial charge is 0.238 e. The Morgan fingerprint density at radius 3 is 3.00 bits per heavy atom. The van der Waals surface area contributed by atoms with Crippen LogP contribution >= 0.6 is 0 Å². The van der Waals surface area contributed by atoms with Crippen LogP contribution in [0.3, 0.4) is 0 Å². The highest BCUT2D eigenvalue weighted by Crippen LogP contribution is 2.27. The van der Waals surface area contributed by atoms with Crippen molar-refractivity contribution in [3.05, 3.63) is 42.9 Å². The van der Waals surface area contributed by atoms with Crippen molar-refractivity contribution >= 4 is 11.6 Å². The molecule has 0 unspecified atom stereocenters. The van der Waals surface area contributed by atoms with Gasteiger partial charge in [-0.25, -0.2) is 4.98 Å². The van der Waals surface area contributed by atoms with Crippen molar-refractivity contribution < 1.29 is 9.53 Å². The van der Waals surface area contributed by atoms with Crippen molar-refractivity contribution in [3.63, 3.8) is 0 Å². The first kappa shape index (κ1) is 14.5. The van der Waals surface area contributed by atoms with E-state index in [1.54, 1.807) is 24.5 Å². The van der Waals surface area contributed by atoms with Crippen molar-refractivity contribution in [3.8, 4) is 11.6 Å². The lowest BCUT2D eigenvalue weighted by Crippen LogP contribution is -2.29. The fraction of sp³-hybridized carbons (Fsp3) is 0.312. The molecule has 0 atom stereocenters. The molecule has 114 valence electrons. The largest absolute Gasteiger partial charge is 0.437 e. The average molecular weight is 298 g/mol. The lowest BCUT2D eigenvalue weighted by Gasteiger charge is -2.08. The topological polar surface area (TPSA) is 76.1 Å². The number of rotatable bonds is 7. The summed E-state index contributed by atoms with van der Waals surface area (Å²) in [5.41, 5.74) is 0.694. The molecule has 6 heteroatoms. The van der Waals surface area contributed by atoms with Gasteiger partial charge < -0.3 is 15.4 Å². The molecule has 1 aliphatic rings. The van der Waals surface area contributed by atoms with Gasteiger partial charge in [0.2, 0.25) is 11.8 Å². The van der Waals surface area contributed by atoms with Crippen LogP contribution in [0.2, 0.25) is 0 Å². The normalized spacial score (nSPS) is 13.6. The van der Waals surface area contributed by atoms with Crippen LogP contribution in [0.15, 0.2) is 42.9 Å². The van der Waals surface area contributed by atoms with Crippen LogP contribution in [0.4, 0.5) is 5.69 Å². The van der Waals surface area contributed by atoms with Crippen LogP contribution in [0.5, 0.6) is 11.6 Å². The van der Waals surface area contributed by atoms with E-state index in [0.29, 0.717) is 23.9 Å². The minimum Gasteiger partial charge on any atom is -0.437 e. The summed E-state index contributed by atoms with van der Waals surface area (Å²) >= 11 is 0. The Hall–Kier alpha value is -2.47. The molecule has 22 heavy (non-hydrogen) atoms. The first-order chi connectivity index (χ1) is 10.8. The molecule has 1 aliphatic carbocycles. The van der Waals surface area contributed by atoms with Gasteiger partial charge in [-0.05, 0) is 37.4 Å². The first-order valence-corrected chi connectivity index (χ1v) is 7.34. The van der Waals surface area contributed by atoms with E-state index in [9.17, 15) is 4.79 Å². The van der Waals surface area contributed by atoms with Crippen LogP contribution in [0.1, 0.15) is 12.8 Å². The maximum absolute atomic E-state index is 11.8. The summed E-state index contributed by atoms with van der Waals surface area (Å²) in [6, 6.07) is 7.20. The Labute approximate surface area is 128 Å². The van der Waals surface area contributed by atoms with E-state index in [-0.39, 0.29) is 5.91 Å². The second-order valence-corrected chi connectivity index (χ2v) is 5.30. The molecular formula is C16H18N4O2. The molecule has 2 aromatic rings. The Balaban J connectivity index is 1.52. The third-order valence-electron chi connectivity index (χ3n) is 3.30. The Kier molecular flexibility index (Phi) is 4.60. The molecule has 6 nitrogen and oxygen atoms in total. The van der Waals surface area contributed by atoms with Crippen molar-refractivity contribution in [1.82, 2.24) is 15.3 Å². The molecular weight excluding hydrogens is 280 g/mol. The van der Waals surface area contributed by atoms with E-state index in [0.717, 1.165) is 12.5 Å². The molecule has 0 spiro atoms. The maximum Gasteiger partial charge on any atom is 0.238 e. The lowest BCUT2D eigenvalue weighted by atomic mass is 10.3. The van der Waals surface area contributed by atoms with E-state index in [1.807, 2.05) is 12.1 Å². The summed E-state index contributed by atoms with van der Waals surface area (Å²) in [5.74, 6) is 1.72. The monoisotopic (exact) mass is 298 g/mol. The summed E-state index contributed by atoms with van der Waals surface area (Å²) in [4.78, 5) is 19.8. The molecule has 0 saturated heterocycles. The Morgan fingerprint density at radius 1 is 1.32 bits per heavy atom. The minimum atomic E-state index is -0.0581. The molecule has 1 fully saturated rings. The quantitative estimate of drug-likeness (QED) is 0.819. The van der Waals surface area contributed by atoms with E-state index < -0.39 is 0 Å². The second kappa shape index (κ2) is 7.00. The zero-order chi connectivity index (χ0) is 15.2. The minimum absolute atomic E-state index is 0.0581. The van der Waals surface area contributed by atoms with Gasteiger partial charge in [0.15, 0.2) is 0 Å². The molecule has 0 bridgehead atoms. The number of carbonyl (C=O) groups is 1. The summed E-state index contributed by atoms with van der Waals surface area (Å²) in [5, 5.41) is 6.01. The van der Waals surface area contributed by atoms with Gasteiger partial charge in [0.05, 0.1) is 12.7 Å². The predicted molar refractivity (Wildman–Crippen MR) is 82.8 cm³/mol. The molecule has 2 N–H and O–H groups in total. The highest BCUT2D eigenvalue weighted by Gasteiger charge is 2.20. The van der Waals surface area contributed by atoms with Crippen LogP contribution in [0.25, 0.3) is 0 Å². The lowest BCUT2D eigenvalue weighted by molar-refractivity contribution is -0.115. The highest BCUT2D eigenvalue weighted by atomic mass is 16.5. The van der Waals surface area contributed by atoms with Crippen molar-refractivity contribution in [1.29, 1.82) is 0 Å².